The number of rotatable bonds is 3. The summed E-state index contributed by atoms with van der Waals surface area (Å²) in [5.74, 6) is -1.19. The Morgan fingerprint density at radius 1 is 1.24 bits per heavy atom. The lowest BCUT2D eigenvalue weighted by Crippen LogP contribution is -2.42. The number of nitro groups is 1. The maximum absolute atomic E-state index is 13.2. The highest BCUT2D eigenvalue weighted by Crippen LogP contribution is 2.49. The average molecular weight is 412 g/mol. The molecule has 1 aliphatic carbocycles. The molecule has 0 fully saturated rings. The van der Waals surface area contributed by atoms with Crippen molar-refractivity contribution in [3.05, 3.63) is 67.6 Å². The third kappa shape index (κ3) is 3.25. The molecule has 2 aliphatic rings. The monoisotopic (exact) mass is 412 g/mol. The van der Waals surface area contributed by atoms with E-state index >= 15 is 0 Å². The van der Waals surface area contributed by atoms with Gasteiger partial charge < -0.3 is 10.3 Å². The van der Waals surface area contributed by atoms with Crippen LogP contribution in [0.1, 0.15) is 37.3 Å². The van der Waals surface area contributed by atoms with Gasteiger partial charge in [0, 0.05) is 29.7 Å². The summed E-state index contributed by atoms with van der Waals surface area (Å²) in [5, 5.41) is 15.3. The van der Waals surface area contributed by atoms with Gasteiger partial charge in [0.05, 0.1) is 16.4 Å². The number of H-pyrrole nitrogens is 1. The van der Waals surface area contributed by atoms with Gasteiger partial charge in [-0.2, -0.15) is 0 Å². The van der Waals surface area contributed by atoms with Crippen LogP contribution in [0.25, 0.3) is 0 Å². The largest absolute Gasteiger partial charge is 0.343 e. The molecule has 2 aromatic rings. The number of nitro benzene ring substituents is 1. The van der Waals surface area contributed by atoms with Gasteiger partial charge in [0.2, 0.25) is 0 Å². The molecule has 0 bridgehead atoms. The third-order valence-electron chi connectivity index (χ3n) is 5.36. The van der Waals surface area contributed by atoms with E-state index < -0.39 is 22.3 Å². The number of allylic oxidation sites excluding steroid dienone is 2. The molecule has 0 spiro atoms. The highest BCUT2D eigenvalue weighted by atomic mass is 32.2. The highest BCUT2D eigenvalue weighted by molar-refractivity contribution is 7.98. The van der Waals surface area contributed by atoms with Crippen LogP contribution in [0.4, 0.5) is 11.5 Å². The van der Waals surface area contributed by atoms with E-state index in [9.17, 15) is 19.7 Å². The fraction of sp³-hybridized carbons (Fsp3) is 0.350. The van der Waals surface area contributed by atoms with Crippen LogP contribution in [0.15, 0.2) is 46.0 Å². The molecule has 0 amide bonds. The summed E-state index contributed by atoms with van der Waals surface area (Å²) in [4.78, 5) is 44.5. The summed E-state index contributed by atoms with van der Waals surface area (Å²) in [7, 11) is 0. The number of ketones is 1. The first-order chi connectivity index (χ1) is 13.7. The minimum Gasteiger partial charge on any atom is -0.343 e. The molecule has 2 N–H and O–H groups in total. The molecule has 150 valence electrons. The maximum atomic E-state index is 13.2. The first kappa shape index (κ1) is 19.4. The Morgan fingerprint density at radius 3 is 2.66 bits per heavy atom. The van der Waals surface area contributed by atoms with Crippen LogP contribution < -0.4 is 10.9 Å². The third-order valence-corrected chi connectivity index (χ3v) is 5.94. The predicted octanol–water partition coefficient (Wildman–Crippen LogP) is 3.46. The first-order valence-electron chi connectivity index (χ1n) is 9.16. The van der Waals surface area contributed by atoms with Crippen LogP contribution in [-0.2, 0) is 4.79 Å². The molecule has 2 atom stereocenters. The Labute approximate surface area is 171 Å². The molecule has 0 saturated carbocycles. The van der Waals surface area contributed by atoms with Gasteiger partial charge in [-0.15, -0.1) is 0 Å². The zero-order valence-corrected chi connectivity index (χ0v) is 17.0. The predicted molar refractivity (Wildman–Crippen MR) is 110 cm³/mol. The number of benzene rings is 1. The number of fused-ring (bicyclic) bond motifs is 2. The molecular formula is C20H20N4O4S. The molecule has 1 aliphatic heterocycles. The molecule has 29 heavy (non-hydrogen) atoms. The molecule has 1 aromatic carbocycles. The average Bonchev–Trinajstić information content (AvgIpc) is 2.65. The summed E-state index contributed by atoms with van der Waals surface area (Å²) in [6.07, 6.45) is 4.07. The van der Waals surface area contributed by atoms with Gasteiger partial charge in [0.1, 0.15) is 11.6 Å². The molecule has 0 radical (unpaired) electrons. The summed E-state index contributed by atoms with van der Waals surface area (Å²) >= 11 is 1.29. The van der Waals surface area contributed by atoms with Crippen molar-refractivity contribution in [3.63, 3.8) is 0 Å². The zero-order valence-electron chi connectivity index (χ0n) is 16.2. The number of nitrogens with zero attached hydrogens (tertiary/aromatic N) is 2. The minimum atomic E-state index is -0.783. The fourth-order valence-corrected chi connectivity index (χ4v) is 4.65. The van der Waals surface area contributed by atoms with Gasteiger partial charge in [-0.25, -0.2) is 4.98 Å². The van der Waals surface area contributed by atoms with E-state index in [4.69, 9.17) is 0 Å². The number of aromatic amines is 1. The summed E-state index contributed by atoms with van der Waals surface area (Å²) in [5.41, 5.74) is 0.375. The van der Waals surface area contributed by atoms with Crippen LogP contribution in [0.2, 0.25) is 0 Å². The van der Waals surface area contributed by atoms with E-state index in [0.29, 0.717) is 28.7 Å². The first-order valence-corrected chi connectivity index (χ1v) is 10.4. The standard InChI is InChI=1S/C20H20N4O4S/c1-20(2)8-11-15(13(25)9-20)14(10-6-4-5-7-12(10)24(27)28)16-17(21-11)22-19(29-3)23-18(16)26/h4-8,14-15H,9H2,1-3H3,(H2,21,22,23,26). The van der Waals surface area contributed by atoms with E-state index in [1.807, 2.05) is 19.9 Å². The Morgan fingerprint density at radius 2 is 1.97 bits per heavy atom. The number of thioether (sulfide) groups is 1. The van der Waals surface area contributed by atoms with Crippen LogP contribution >= 0.6 is 11.8 Å². The van der Waals surface area contributed by atoms with Crippen molar-refractivity contribution in [2.45, 2.75) is 31.3 Å². The van der Waals surface area contributed by atoms with Gasteiger partial charge in [-0.3, -0.25) is 19.7 Å². The second-order valence-electron chi connectivity index (χ2n) is 7.97. The van der Waals surface area contributed by atoms with E-state index in [0.717, 1.165) is 0 Å². The van der Waals surface area contributed by atoms with Gasteiger partial charge in [-0.05, 0) is 11.7 Å². The van der Waals surface area contributed by atoms with Crippen molar-refractivity contribution in [1.29, 1.82) is 0 Å². The number of carbonyl (C=O) groups excluding carboxylic acids is 1. The van der Waals surface area contributed by atoms with Crippen molar-refractivity contribution in [3.8, 4) is 0 Å². The molecule has 2 unspecified atom stereocenters. The van der Waals surface area contributed by atoms with E-state index in [1.165, 1.54) is 17.8 Å². The number of hydrogen-bond donors (Lipinski definition) is 2. The number of carbonyl (C=O) groups is 1. The quantitative estimate of drug-likeness (QED) is 0.343. The second kappa shape index (κ2) is 6.84. The maximum Gasteiger partial charge on any atom is 0.273 e. The van der Waals surface area contributed by atoms with Gasteiger partial charge >= 0.3 is 0 Å². The summed E-state index contributed by atoms with van der Waals surface area (Å²) < 4.78 is 0. The van der Waals surface area contributed by atoms with Crippen LogP contribution in [0.5, 0.6) is 0 Å². The number of nitrogens with one attached hydrogen (secondary N) is 2. The van der Waals surface area contributed by atoms with Crippen molar-refractivity contribution in [1.82, 2.24) is 9.97 Å². The van der Waals surface area contributed by atoms with Crippen molar-refractivity contribution in [2.24, 2.45) is 11.3 Å². The lowest BCUT2D eigenvalue weighted by Gasteiger charge is -2.40. The number of hydrogen-bond acceptors (Lipinski definition) is 7. The van der Waals surface area contributed by atoms with Crippen molar-refractivity contribution >= 4 is 29.1 Å². The Kier molecular flexibility index (Phi) is 4.57. The van der Waals surface area contributed by atoms with Crippen molar-refractivity contribution < 1.29 is 9.72 Å². The van der Waals surface area contributed by atoms with Crippen LogP contribution in [-0.4, -0.2) is 26.9 Å². The Bertz CT molecular complexity index is 1120. The topological polar surface area (TPSA) is 118 Å². The van der Waals surface area contributed by atoms with Crippen LogP contribution in [0.3, 0.4) is 0 Å². The lowest BCUT2D eigenvalue weighted by atomic mass is 9.67. The number of para-hydroxylation sites is 1. The molecule has 8 nitrogen and oxygen atoms in total. The number of anilines is 1. The van der Waals surface area contributed by atoms with E-state index in [1.54, 1.807) is 24.5 Å². The SMILES string of the molecule is CSc1nc2c(c(=O)[nH]1)C(c1ccccc1[N+](=O)[O-])C1C(=O)CC(C)(C)C=C1N2. The molecule has 2 heterocycles. The zero-order chi connectivity index (χ0) is 20.9. The van der Waals surface area contributed by atoms with Gasteiger partial charge in [0.15, 0.2) is 5.16 Å². The molecule has 1 aromatic heterocycles. The van der Waals surface area contributed by atoms with E-state index in [2.05, 4.69) is 15.3 Å². The minimum absolute atomic E-state index is 0.0536. The highest BCUT2D eigenvalue weighted by Gasteiger charge is 2.47. The Balaban J connectivity index is 2.04. The van der Waals surface area contributed by atoms with Crippen LogP contribution in [0, 0.1) is 21.4 Å². The molecule has 9 heteroatoms. The lowest BCUT2D eigenvalue weighted by molar-refractivity contribution is -0.385. The molecular weight excluding hydrogens is 392 g/mol. The van der Waals surface area contributed by atoms with Crippen molar-refractivity contribution in [2.75, 3.05) is 11.6 Å². The second-order valence-corrected chi connectivity index (χ2v) is 8.76. The smallest absolute Gasteiger partial charge is 0.273 e. The van der Waals surface area contributed by atoms with E-state index in [-0.39, 0.29) is 22.4 Å². The van der Waals surface area contributed by atoms with Gasteiger partial charge in [0.25, 0.3) is 11.2 Å². The Hall–Kier alpha value is -2.94. The number of Topliss-reactive ketones (excluding diaryl/α,β-unsaturated/α-hetero) is 1. The molecule has 0 saturated heterocycles. The normalized spacial score (nSPS) is 22.2. The fourth-order valence-electron chi connectivity index (χ4n) is 4.27. The number of aromatic nitrogens is 2. The summed E-state index contributed by atoms with van der Waals surface area (Å²) in [6, 6.07) is 6.27. The van der Waals surface area contributed by atoms with Gasteiger partial charge in [-0.1, -0.05) is 49.9 Å². The molecule has 4 rings (SSSR count). The summed E-state index contributed by atoms with van der Waals surface area (Å²) in [6.45, 7) is 3.92.